The lowest BCUT2D eigenvalue weighted by atomic mass is 10.1. The fraction of sp³-hybridized carbons (Fsp3) is 0.200. The molecule has 3 rings (SSSR count). The van der Waals surface area contributed by atoms with E-state index in [4.69, 9.17) is 9.15 Å². The molecule has 2 aromatic carbocycles. The molecule has 1 heterocycles. The minimum atomic E-state index is -0.643. The molecule has 5 heteroatoms. The van der Waals surface area contributed by atoms with Crippen molar-refractivity contribution in [1.82, 2.24) is 5.32 Å². The molecule has 0 unspecified atom stereocenters. The molecule has 0 aliphatic heterocycles. The monoisotopic (exact) mass is 337 g/mol. The predicted octanol–water partition coefficient (Wildman–Crippen LogP) is 3.34. The molecule has 0 radical (unpaired) electrons. The molecule has 0 fully saturated rings. The van der Waals surface area contributed by atoms with E-state index in [0.717, 1.165) is 18.2 Å². The van der Waals surface area contributed by atoms with Gasteiger partial charge in [-0.15, -0.1) is 0 Å². The van der Waals surface area contributed by atoms with E-state index >= 15 is 0 Å². The Labute approximate surface area is 145 Å². The first-order chi connectivity index (χ1) is 12.2. The third-order valence-electron chi connectivity index (χ3n) is 3.77. The summed E-state index contributed by atoms with van der Waals surface area (Å²) in [5.74, 6) is -0.869. The van der Waals surface area contributed by atoms with Crippen LogP contribution in [-0.2, 0) is 16.0 Å². The number of para-hydroxylation sites is 1. The van der Waals surface area contributed by atoms with Crippen LogP contribution in [-0.4, -0.2) is 25.0 Å². The largest absolute Gasteiger partial charge is 0.450 e. The van der Waals surface area contributed by atoms with Crippen LogP contribution in [0.1, 0.15) is 22.5 Å². The first kappa shape index (κ1) is 16.8. The highest BCUT2D eigenvalue weighted by atomic mass is 16.5. The Balaban J connectivity index is 1.39. The van der Waals surface area contributed by atoms with Crippen LogP contribution in [0, 0.1) is 0 Å². The van der Waals surface area contributed by atoms with Gasteiger partial charge in [-0.1, -0.05) is 48.5 Å². The number of aryl methyl sites for hydroxylation is 1. The van der Waals surface area contributed by atoms with Crippen LogP contribution in [0.4, 0.5) is 0 Å². The van der Waals surface area contributed by atoms with Gasteiger partial charge in [-0.3, -0.25) is 4.79 Å². The van der Waals surface area contributed by atoms with Gasteiger partial charge in [0.15, 0.2) is 6.61 Å². The van der Waals surface area contributed by atoms with Gasteiger partial charge >= 0.3 is 5.97 Å². The maximum atomic E-state index is 11.9. The van der Waals surface area contributed by atoms with E-state index in [1.165, 1.54) is 5.56 Å². The molecule has 5 nitrogen and oxygen atoms in total. The van der Waals surface area contributed by atoms with Gasteiger partial charge in [0.1, 0.15) is 5.58 Å². The molecule has 0 bridgehead atoms. The predicted molar refractivity (Wildman–Crippen MR) is 94.3 cm³/mol. The van der Waals surface area contributed by atoms with Gasteiger partial charge in [-0.2, -0.15) is 0 Å². The number of furan rings is 1. The highest BCUT2D eigenvalue weighted by Crippen LogP contribution is 2.19. The average molecular weight is 337 g/mol. The lowest BCUT2D eigenvalue weighted by molar-refractivity contribution is -0.124. The van der Waals surface area contributed by atoms with Crippen LogP contribution in [0.25, 0.3) is 11.0 Å². The van der Waals surface area contributed by atoms with Gasteiger partial charge in [0, 0.05) is 11.9 Å². The quantitative estimate of drug-likeness (QED) is 0.530. The maximum Gasteiger partial charge on any atom is 0.374 e. The maximum absolute atomic E-state index is 11.9. The van der Waals surface area contributed by atoms with E-state index in [1.54, 1.807) is 12.1 Å². The second-order valence-corrected chi connectivity index (χ2v) is 5.66. The fourth-order valence-corrected chi connectivity index (χ4v) is 2.50. The zero-order valence-corrected chi connectivity index (χ0v) is 13.7. The molecule has 0 atom stereocenters. The van der Waals surface area contributed by atoms with Crippen molar-refractivity contribution in [3.8, 4) is 0 Å². The Morgan fingerprint density at radius 1 is 1.00 bits per heavy atom. The number of ether oxygens (including phenoxy) is 1. The summed E-state index contributed by atoms with van der Waals surface area (Å²) >= 11 is 0. The number of carbonyl (C=O) groups excluding carboxylic acids is 2. The molecule has 0 aliphatic rings. The molecule has 1 amide bonds. The molecule has 0 saturated heterocycles. The summed E-state index contributed by atoms with van der Waals surface area (Å²) < 4.78 is 10.4. The zero-order valence-electron chi connectivity index (χ0n) is 13.7. The Kier molecular flexibility index (Phi) is 5.46. The topological polar surface area (TPSA) is 68.5 Å². The Morgan fingerprint density at radius 3 is 2.56 bits per heavy atom. The molecule has 0 aliphatic carbocycles. The summed E-state index contributed by atoms with van der Waals surface area (Å²) in [7, 11) is 0. The highest BCUT2D eigenvalue weighted by Gasteiger charge is 2.15. The molecule has 1 N–H and O–H groups in total. The summed E-state index contributed by atoms with van der Waals surface area (Å²) in [6.45, 7) is 0.219. The Hall–Kier alpha value is -3.08. The summed E-state index contributed by atoms with van der Waals surface area (Å²) in [6.07, 6.45) is 1.72. The number of hydrogen-bond donors (Lipinski definition) is 1. The van der Waals surface area contributed by atoms with Gasteiger partial charge in [0.2, 0.25) is 5.76 Å². The standard InChI is InChI=1S/C20H19NO4/c22-19(21-12-6-9-15-7-2-1-3-8-15)14-24-20(23)18-13-16-10-4-5-11-17(16)25-18/h1-5,7-8,10-11,13H,6,9,12,14H2,(H,21,22). The fourth-order valence-electron chi connectivity index (χ4n) is 2.50. The molecule has 128 valence electrons. The van der Waals surface area contributed by atoms with Gasteiger partial charge in [0.05, 0.1) is 0 Å². The Bertz CT molecular complexity index is 821. The molecular weight excluding hydrogens is 318 g/mol. The van der Waals surface area contributed by atoms with Crippen molar-refractivity contribution in [3.05, 3.63) is 72.0 Å². The van der Waals surface area contributed by atoms with Crippen molar-refractivity contribution in [2.24, 2.45) is 0 Å². The number of fused-ring (bicyclic) bond motifs is 1. The van der Waals surface area contributed by atoms with Crippen LogP contribution in [0.2, 0.25) is 0 Å². The van der Waals surface area contributed by atoms with E-state index in [0.29, 0.717) is 12.1 Å². The minimum absolute atomic E-state index is 0.0954. The van der Waals surface area contributed by atoms with Crippen LogP contribution in [0.3, 0.4) is 0 Å². The third kappa shape index (κ3) is 4.70. The van der Waals surface area contributed by atoms with Crippen molar-refractivity contribution >= 4 is 22.8 Å². The van der Waals surface area contributed by atoms with E-state index < -0.39 is 5.97 Å². The lowest BCUT2D eigenvalue weighted by Crippen LogP contribution is -2.29. The number of carbonyl (C=O) groups is 2. The normalized spacial score (nSPS) is 10.6. The van der Waals surface area contributed by atoms with Crippen LogP contribution in [0.15, 0.2) is 65.1 Å². The number of nitrogens with one attached hydrogen (secondary N) is 1. The number of esters is 1. The van der Waals surface area contributed by atoms with E-state index in [9.17, 15) is 9.59 Å². The molecule has 1 aromatic heterocycles. The summed E-state index contributed by atoms with van der Waals surface area (Å²) in [6, 6.07) is 19.0. The molecule has 3 aromatic rings. The Morgan fingerprint density at radius 2 is 1.76 bits per heavy atom. The van der Waals surface area contributed by atoms with E-state index in [-0.39, 0.29) is 18.3 Å². The number of benzene rings is 2. The van der Waals surface area contributed by atoms with Crippen molar-refractivity contribution in [1.29, 1.82) is 0 Å². The zero-order chi connectivity index (χ0) is 17.5. The molecule has 25 heavy (non-hydrogen) atoms. The van der Waals surface area contributed by atoms with Gasteiger partial charge in [0.25, 0.3) is 5.91 Å². The molecular formula is C20H19NO4. The van der Waals surface area contributed by atoms with Gasteiger partial charge < -0.3 is 14.5 Å². The van der Waals surface area contributed by atoms with Crippen molar-refractivity contribution in [2.45, 2.75) is 12.8 Å². The highest BCUT2D eigenvalue weighted by molar-refractivity contribution is 5.93. The van der Waals surface area contributed by atoms with Crippen LogP contribution in [0.5, 0.6) is 0 Å². The van der Waals surface area contributed by atoms with Crippen molar-refractivity contribution < 1.29 is 18.7 Å². The van der Waals surface area contributed by atoms with Crippen LogP contribution < -0.4 is 5.32 Å². The van der Waals surface area contributed by atoms with Crippen molar-refractivity contribution in [3.63, 3.8) is 0 Å². The van der Waals surface area contributed by atoms with Gasteiger partial charge in [-0.25, -0.2) is 4.79 Å². The summed E-state index contributed by atoms with van der Waals surface area (Å²) in [4.78, 5) is 23.7. The van der Waals surface area contributed by atoms with Crippen LogP contribution >= 0.6 is 0 Å². The minimum Gasteiger partial charge on any atom is -0.450 e. The van der Waals surface area contributed by atoms with E-state index in [2.05, 4.69) is 17.4 Å². The third-order valence-corrected chi connectivity index (χ3v) is 3.77. The summed E-state index contributed by atoms with van der Waals surface area (Å²) in [5.41, 5.74) is 1.84. The molecule has 0 saturated carbocycles. The number of hydrogen-bond acceptors (Lipinski definition) is 4. The van der Waals surface area contributed by atoms with Gasteiger partial charge in [-0.05, 0) is 30.5 Å². The second kappa shape index (κ2) is 8.15. The number of amides is 1. The van der Waals surface area contributed by atoms with Crippen molar-refractivity contribution in [2.75, 3.05) is 13.2 Å². The second-order valence-electron chi connectivity index (χ2n) is 5.66. The lowest BCUT2D eigenvalue weighted by Gasteiger charge is -2.06. The summed E-state index contributed by atoms with van der Waals surface area (Å²) in [5, 5.41) is 3.56. The first-order valence-electron chi connectivity index (χ1n) is 8.19. The molecule has 0 spiro atoms. The average Bonchev–Trinajstić information content (AvgIpc) is 3.08. The smallest absolute Gasteiger partial charge is 0.374 e. The first-order valence-corrected chi connectivity index (χ1v) is 8.19. The van der Waals surface area contributed by atoms with E-state index in [1.807, 2.05) is 36.4 Å². The SMILES string of the molecule is O=C(COC(=O)c1cc2ccccc2o1)NCCCc1ccccc1. The number of rotatable bonds is 7.